The van der Waals surface area contributed by atoms with Gasteiger partial charge < -0.3 is 16.4 Å². The molecule has 3 amide bonds. The molecule has 4 N–H and O–H groups in total. The van der Waals surface area contributed by atoms with E-state index in [4.69, 9.17) is 5.73 Å². The van der Waals surface area contributed by atoms with Gasteiger partial charge in [-0.25, -0.2) is 9.50 Å². The lowest BCUT2D eigenvalue weighted by Crippen LogP contribution is -2.35. The van der Waals surface area contributed by atoms with Crippen molar-refractivity contribution >= 4 is 29.1 Å². The van der Waals surface area contributed by atoms with Gasteiger partial charge in [-0.3, -0.25) is 19.1 Å². The van der Waals surface area contributed by atoms with Crippen LogP contribution in [0.4, 0.5) is 5.69 Å². The van der Waals surface area contributed by atoms with Crippen LogP contribution in [0.2, 0.25) is 0 Å². The summed E-state index contributed by atoms with van der Waals surface area (Å²) in [6.07, 6.45) is 9.62. The number of rotatable bonds is 8. The number of aryl methyl sites for hydroxylation is 2. The van der Waals surface area contributed by atoms with Gasteiger partial charge in [0, 0.05) is 30.0 Å². The molecule has 3 aromatic heterocycles. The first-order valence-corrected chi connectivity index (χ1v) is 11.1. The number of nitrogens with one attached hydrogen (secondary N) is 2. The third-order valence-electron chi connectivity index (χ3n) is 6.02. The van der Waals surface area contributed by atoms with Gasteiger partial charge in [-0.15, -0.1) is 0 Å². The van der Waals surface area contributed by atoms with E-state index in [1.807, 2.05) is 13.8 Å². The molecule has 0 saturated heterocycles. The first-order chi connectivity index (χ1) is 15.8. The Morgan fingerprint density at radius 2 is 1.88 bits per heavy atom. The van der Waals surface area contributed by atoms with Gasteiger partial charge in [0.15, 0.2) is 5.65 Å². The molecule has 11 heteroatoms. The summed E-state index contributed by atoms with van der Waals surface area (Å²) < 4.78 is 3.08. The van der Waals surface area contributed by atoms with Crippen LogP contribution < -0.4 is 16.4 Å². The van der Waals surface area contributed by atoms with Gasteiger partial charge in [-0.05, 0) is 38.7 Å². The van der Waals surface area contributed by atoms with Crippen LogP contribution in [-0.4, -0.2) is 48.1 Å². The van der Waals surface area contributed by atoms with Crippen LogP contribution in [-0.2, 0) is 22.6 Å². The number of carbonyl (C=O) groups excluding carboxylic acids is 3. The molecule has 1 fully saturated rings. The maximum absolute atomic E-state index is 12.5. The second-order valence-electron chi connectivity index (χ2n) is 8.44. The summed E-state index contributed by atoms with van der Waals surface area (Å²) in [5.74, 6) is -0.836. The minimum atomic E-state index is -0.583. The largest absolute Gasteiger partial charge is 0.365 e. The normalized spacial score (nSPS) is 14.0. The molecule has 0 aliphatic heterocycles. The predicted octanol–water partition coefficient (Wildman–Crippen LogP) is 1.27. The molecule has 33 heavy (non-hydrogen) atoms. The fraction of sp³-hybridized carbons (Fsp3) is 0.455. The zero-order chi connectivity index (χ0) is 23.5. The lowest BCUT2D eigenvalue weighted by Gasteiger charge is -2.11. The molecule has 0 radical (unpaired) electrons. The predicted molar refractivity (Wildman–Crippen MR) is 121 cm³/mol. The summed E-state index contributed by atoms with van der Waals surface area (Å²) in [5.41, 5.74) is 9.01. The number of nitrogens with zero attached hydrogens (tertiary/aromatic N) is 5. The van der Waals surface area contributed by atoms with Gasteiger partial charge >= 0.3 is 0 Å². The van der Waals surface area contributed by atoms with Crippen LogP contribution in [0.5, 0.6) is 0 Å². The molecular weight excluding hydrogens is 424 g/mol. The van der Waals surface area contributed by atoms with Gasteiger partial charge in [0.05, 0.1) is 18.1 Å². The monoisotopic (exact) mass is 452 g/mol. The Bertz CT molecular complexity index is 1210. The van der Waals surface area contributed by atoms with E-state index in [0.29, 0.717) is 17.8 Å². The Balaban J connectivity index is 1.34. The molecule has 0 atom stereocenters. The standard InChI is InChI=1S/C22H28N8O3/c1-13-17(14(2)30-22(26-13)18(10-25-30)21(23)33)7-8-19(31)28-16-9-24-29(11-16)12-20(32)27-15-5-3-4-6-15/h9-11,15H,3-8,12H2,1-2H3,(H2,23,33)(H,27,32)(H,28,31). The third kappa shape index (κ3) is 5.02. The fourth-order valence-electron chi connectivity index (χ4n) is 4.31. The molecule has 0 bridgehead atoms. The number of fused-ring (bicyclic) bond motifs is 1. The highest BCUT2D eigenvalue weighted by atomic mass is 16.2. The van der Waals surface area contributed by atoms with Gasteiger partial charge in [0.2, 0.25) is 11.8 Å². The molecule has 1 aliphatic carbocycles. The Morgan fingerprint density at radius 3 is 2.61 bits per heavy atom. The highest BCUT2D eigenvalue weighted by Crippen LogP contribution is 2.19. The lowest BCUT2D eigenvalue weighted by molar-refractivity contribution is -0.122. The van der Waals surface area contributed by atoms with Crippen LogP contribution in [0.3, 0.4) is 0 Å². The quantitative estimate of drug-likeness (QED) is 0.468. The maximum atomic E-state index is 12.5. The van der Waals surface area contributed by atoms with Crippen molar-refractivity contribution in [3.05, 3.63) is 41.1 Å². The fourth-order valence-corrected chi connectivity index (χ4v) is 4.31. The van der Waals surface area contributed by atoms with E-state index in [1.54, 1.807) is 10.7 Å². The van der Waals surface area contributed by atoms with E-state index in [1.165, 1.54) is 17.1 Å². The molecular formula is C22H28N8O3. The van der Waals surface area contributed by atoms with Crippen molar-refractivity contribution in [2.75, 3.05) is 5.32 Å². The topological polar surface area (TPSA) is 149 Å². The van der Waals surface area contributed by atoms with E-state index >= 15 is 0 Å². The van der Waals surface area contributed by atoms with Crippen LogP contribution in [0, 0.1) is 13.8 Å². The number of primary amides is 1. The Hall–Kier alpha value is -3.76. The second kappa shape index (κ2) is 9.39. The van der Waals surface area contributed by atoms with Crippen molar-refractivity contribution in [1.82, 2.24) is 29.7 Å². The molecule has 3 heterocycles. The van der Waals surface area contributed by atoms with Gasteiger partial charge in [-0.2, -0.15) is 10.2 Å². The molecule has 0 unspecified atom stereocenters. The first-order valence-electron chi connectivity index (χ1n) is 11.1. The molecule has 0 spiro atoms. The van der Waals surface area contributed by atoms with Crippen LogP contribution in [0.25, 0.3) is 5.65 Å². The lowest BCUT2D eigenvalue weighted by atomic mass is 10.1. The van der Waals surface area contributed by atoms with Gasteiger partial charge in [-0.1, -0.05) is 12.8 Å². The minimum Gasteiger partial charge on any atom is -0.365 e. The first kappa shape index (κ1) is 22.4. The molecule has 11 nitrogen and oxygen atoms in total. The van der Waals surface area contributed by atoms with Crippen LogP contribution in [0.15, 0.2) is 18.6 Å². The molecule has 3 aromatic rings. The Labute approximate surface area is 190 Å². The highest BCUT2D eigenvalue weighted by molar-refractivity contribution is 5.98. The highest BCUT2D eigenvalue weighted by Gasteiger charge is 2.19. The number of nitrogens with two attached hydrogens (primary N) is 1. The Kier molecular flexibility index (Phi) is 6.38. The molecule has 1 aliphatic rings. The minimum absolute atomic E-state index is 0.0742. The average molecular weight is 453 g/mol. The average Bonchev–Trinajstić information content (AvgIpc) is 3.49. The van der Waals surface area contributed by atoms with Crippen LogP contribution in [0.1, 0.15) is 59.4 Å². The maximum Gasteiger partial charge on any atom is 0.254 e. The number of anilines is 1. The third-order valence-corrected chi connectivity index (χ3v) is 6.02. The van der Waals surface area contributed by atoms with Crippen molar-refractivity contribution in [3.63, 3.8) is 0 Å². The summed E-state index contributed by atoms with van der Waals surface area (Å²) in [5, 5.41) is 14.2. The molecule has 0 aromatic carbocycles. The zero-order valence-corrected chi connectivity index (χ0v) is 18.8. The van der Waals surface area contributed by atoms with Gasteiger partial charge in [0.25, 0.3) is 5.91 Å². The van der Waals surface area contributed by atoms with E-state index < -0.39 is 5.91 Å². The van der Waals surface area contributed by atoms with Crippen molar-refractivity contribution in [3.8, 4) is 0 Å². The zero-order valence-electron chi connectivity index (χ0n) is 18.8. The van der Waals surface area contributed by atoms with Crippen molar-refractivity contribution in [2.24, 2.45) is 5.73 Å². The Morgan fingerprint density at radius 1 is 1.12 bits per heavy atom. The van der Waals surface area contributed by atoms with E-state index in [2.05, 4.69) is 25.8 Å². The summed E-state index contributed by atoms with van der Waals surface area (Å²) in [6.45, 7) is 3.82. The number of hydrogen-bond acceptors (Lipinski definition) is 6. The number of carbonyl (C=O) groups is 3. The molecule has 4 rings (SSSR count). The van der Waals surface area contributed by atoms with E-state index in [0.717, 1.165) is 42.6 Å². The number of hydrogen-bond donors (Lipinski definition) is 3. The van der Waals surface area contributed by atoms with Crippen molar-refractivity contribution in [1.29, 1.82) is 0 Å². The summed E-state index contributed by atoms with van der Waals surface area (Å²) >= 11 is 0. The van der Waals surface area contributed by atoms with Crippen molar-refractivity contribution in [2.45, 2.75) is 65.0 Å². The smallest absolute Gasteiger partial charge is 0.254 e. The summed E-state index contributed by atoms with van der Waals surface area (Å²) in [6, 6.07) is 0.261. The number of amides is 3. The second-order valence-corrected chi connectivity index (χ2v) is 8.44. The molecule has 174 valence electrons. The van der Waals surface area contributed by atoms with E-state index in [-0.39, 0.29) is 36.4 Å². The summed E-state index contributed by atoms with van der Waals surface area (Å²) in [7, 11) is 0. The summed E-state index contributed by atoms with van der Waals surface area (Å²) in [4.78, 5) is 40.7. The van der Waals surface area contributed by atoms with E-state index in [9.17, 15) is 14.4 Å². The van der Waals surface area contributed by atoms with Gasteiger partial charge in [0.1, 0.15) is 12.1 Å². The molecule has 1 saturated carbocycles. The number of aromatic nitrogens is 5. The van der Waals surface area contributed by atoms with Crippen LogP contribution >= 0.6 is 0 Å². The van der Waals surface area contributed by atoms with Crippen molar-refractivity contribution < 1.29 is 14.4 Å². The SMILES string of the molecule is Cc1nc2c(C(N)=O)cnn2c(C)c1CCC(=O)Nc1cnn(CC(=O)NC2CCCC2)c1.